The van der Waals surface area contributed by atoms with Gasteiger partial charge in [-0.25, -0.2) is 4.98 Å². The molecule has 3 heteroatoms. The Bertz CT molecular complexity index is 514. The van der Waals surface area contributed by atoms with Crippen LogP contribution in [-0.4, -0.2) is 16.1 Å². The van der Waals surface area contributed by atoms with Crippen molar-refractivity contribution in [3.8, 4) is 11.4 Å². The van der Waals surface area contributed by atoms with Crippen molar-refractivity contribution in [2.24, 2.45) is 7.05 Å². The molecule has 3 rings (SSSR count). The molecule has 0 aliphatic carbocycles. The van der Waals surface area contributed by atoms with E-state index in [1.54, 1.807) is 0 Å². The Morgan fingerprint density at radius 1 is 1.38 bits per heavy atom. The molecule has 0 radical (unpaired) electrons. The first-order chi connectivity index (χ1) is 7.86. The normalized spacial score (nSPS) is 14.8. The molecule has 0 atom stereocenters. The molecule has 1 aromatic carbocycles. The number of benzene rings is 1. The highest BCUT2D eigenvalue weighted by Gasteiger charge is 2.15. The summed E-state index contributed by atoms with van der Waals surface area (Å²) in [4.78, 5) is 4.43. The number of fused-ring (bicyclic) bond motifs is 1. The molecule has 82 valence electrons. The van der Waals surface area contributed by atoms with Gasteiger partial charge in [0.15, 0.2) is 0 Å². The van der Waals surface area contributed by atoms with Gasteiger partial charge in [0.2, 0.25) is 0 Å². The number of hydrogen-bond acceptors (Lipinski definition) is 2. The summed E-state index contributed by atoms with van der Waals surface area (Å²) in [5.41, 5.74) is 4.12. The molecule has 1 N–H and O–H groups in total. The standard InChI is InChI=1S/C13H15N3/c1-16-8-7-15-13(16)11-4-2-3-10-5-6-14-9-12(10)11/h2-4,7-8,14H,5-6,9H2,1H3. The summed E-state index contributed by atoms with van der Waals surface area (Å²) in [6.07, 6.45) is 4.96. The smallest absolute Gasteiger partial charge is 0.139 e. The lowest BCUT2D eigenvalue weighted by Crippen LogP contribution is -2.24. The van der Waals surface area contributed by atoms with Crippen molar-refractivity contribution in [1.29, 1.82) is 0 Å². The lowest BCUT2D eigenvalue weighted by Gasteiger charge is -2.20. The van der Waals surface area contributed by atoms with Crippen molar-refractivity contribution in [1.82, 2.24) is 14.9 Å². The molecular formula is C13H15N3. The number of nitrogens with one attached hydrogen (secondary N) is 1. The summed E-state index contributed by atoms with van der Waals surface area (Å²) < 4.78 is 2.07. The van der Waals surface area contributed by atoms with Crippen LogP contribution < -0.4 is 5.32 Å². The van der Waals surface area contributed by atoms with Gasteiger partial charge in [-0.15, -0.1) is 0 Å². The van der Waals surface area contributed by atoms with Gasteiger partial charge in [0.25, 0.3) is 0 Å². The first-order valence-corrected chi connectivity index (χ1v) is 5.65. The van der Waals surface area contributed by atoms with Gasteiger partial charge in [0.05, 0.1) is 0 Å². The Kier molecular flexibility index (Phi) is 2.26. The molecule has 0 saturated heterocycles. The molecule has 1 aliphatic heterocycles. The van der Waals surface area contributed by atoms with Crippen LogP contribution in [0.5, 0.6) is 0 Å². The molecule has 2 heterocycles. The molecule has 1 aromatic heterocycles. The molecule has 0 spiro atoms. The average Bonchev–Trinajstić information content (AvgIpc) is 2.75. The molecule has 0 unspecified atom stereocenters. The van der Waals surface area contributed by atoms with Crippen molar-refractivity contribution in [2.75, 3.05) is 6.54 Å². The Morgan fingerprint density at radius 3 is 3.12 bits per heavy atom. The molecular weight excluding hydrogens is 198 g/mol. The minimum absolute atomic E-state index is 0.957. The number of rotatable bonds is 1. The summed E-state index contributed by atoms with van der Waals surface area (Å²) in [5.74, 6) is 1.06. The highest BCUT2D eigenvalue weighted by molar-refractivity contribution is 5.63. The third-order valence-electron chi connectivity index (χ3n) is 3.21. The van der Waals surface area contributed by atoms with E-state index in [1.807, 2.05) is 19.4 Å². The average molecular weight is 213 g/mol. The van der Waals surface area contributed by atoms with E-state index in [2.05, 4.69) is 33.1 Å². The molecule has 0 bridgehead atoms. The summed E-state index contributed by atoms with van der Waals surface area (Å²) in [6.45, 7) is 2.04. The van der Waals surface area contributed by atoms with E-state index in [9.17, 15) is 0 Å². The first kappa shape index (κ1) is 9.60. The van der Waals surface area contributed by atoms with E-state index in [0.29, 0.717) is 0 Å². The minimum Gasteiger partial charge on any atom is -0.334 e. The van der Waals surface area contributed by atoms with Gasteiger partial charge in [-0.3, -0.25) is 0 Å². The van der Waals surface area contributed by atoms with Crippen molar-refractivity contribution < 1.29 is 0 Å². The summed E-state index contributed by atoms with van der Waals surface area (Å²) in [5, 5.41) is 3.43. The molecule has 3 nitrogen and oxygen atoms in total. The second-order valence-electron chi connectivity index (χ2n) is 4.23. The molecule has 0 fully saturated rings. The summed E-state index contributed by atoms with van der Waals surface area (Å²) >= 11 is 0. The maximum atomic E-state index is 4.43. The third-order valence-corrected chi connectivity index (χ3v) is 3.21. The zero-order chi connectivity index (χ0) is 11.0. The molecule has 0 amide bonds. The van der Waals surface area contributed by atoms with Crippen LogP contribution in [0.1, 0.15) is 11.1 Å². The summed E-state index contributed by atoms with van der Waals surface area (Å²) in [7, 11) is 2.04. The number of hydrogen-bond donors (Lipinski definition) is 1. The van der Waals surface area contributed by atoms with Gasteiger partial charge in [0, 0.05) is 31.5 Å². The molecule has 1 aliphatic rings. The van der Waals surface area contributed by atoms with Crippen LogP contribution in [0.15, 0.2) is 30.6 Å². The van der Waals surface area contributed by atoms with Gasteiger partial charge >= 0.3 is 0 Å². The zero-order valence-corrected chi connectivity index (χ0v) is 9.40. The maximum Gasteiger partial charge on any atom is 0.139 e. The van der Waals surface area contributed by atoms with Gasteiger partial charge < -0.3 is 9.88 Å². The van der Waals surface area contributed by atoms with Gasteiger partial charge in [0.1, 0.15) is 5.82 Å². The van der Waals surface area contributed by atoms with E-state index >= 15 is 0 Å². The molecule has 16 heavy (non-hydrogen) atoms. The van der Waals surface area contributed by atoms with Crippen LogP contribution in [0.2, 0.25) is 0 Å². The fourth-order valence-corrected chi connectivity index (χ4v) is 2.35. The number of aromatic nitrogens is 2. The Labute approximate surface area is 95.1 Å². The Balaban J connectivity index is 2.18. The second-order valence-corrected chi connectivity index (χ2v) is 4.23. The number of nitrogens with zero attached hydrogens (tertiary/aromatic N) is 2. The molecule has 2 aromatic rings. The lowest BCUT2D eigenvalue weighted by atomic mass is 9.95. The van der Waals surface area contributed by atoms with Crippen LogP contribution in [0.3, 0.4) is 0 Å². The number of imidazole rings is 1. The first-order valence-electron chi connectivity index (χ1n) is 5.65. The zero-order valence-electron chi connectivity index (χ0n) is 9.40. The quantitative estimate of drug-likeness (QED) is 0.782. The summed E-state index contributed by atoms with van der Waals surface area (Å²) in [6, 6.07) is 6.52. The predicted octanol–water partition coefficient (Wildman–Crippen LogP) is 1.73. The largest absolute Gasteiger partial charge is 0.334 e. The third kappa shape index (κ3) is 1.44. The van der Waals surface area contributed by atoms with Crippen LogP contribution in [-0.2, 0) is 20.0 Å². The fourth-order valence-electron chi connectivity index (χ4n) is 2.35. The SMILES string of the molecule is Cn1ccnc1-c1cccc2c1CNCC2. The topological polar surface area (TPSA) is 29.9 Å². The van der Waals surface area contributed by atoms with E-state index < -0.39 is 0 Å². The van der Waals surface area contributed by atoms with Crippen molar-refractivity contribution in [3.63, 3.8) is 0 Å². The van der Waals surface area contributed by atoms with Crippen LogP contribution in [0.25, 0.3) is 11.4 Å². The van der Waals surface area contributed by atoms with Crippen LogP contribution >= 0.6 is 0 Å². The fraction of sp³-hybridized carbons (Fsp3) is 0.308. The van der Waals surface area contributed by atoms with Gasteiger partial charge in [-0.05, 0) is 24.1 Å². The molecule has 0 saturated carbocycles. The number of aryl methyl sites for hydroxylation is 1. The van der Waals surface area contributed by atoms with Crippen molar-refractivity contribution in [3.05, 3.63) is 41.7 Å². The van der Waals surface area contributed by atoms with Gasteiger partial charge in [-0.1, -0.05) is 18.2 Å². The van der Waals surface area contributed by atoms with E-state index in [4.69, 9.17) is 0 Å². The highest BCUT2D eigenvalue weighted by Crippen LogP contribution is 2.26. The lowest BCUT2D eigenvalue weighted by molar-refractivity contribution is 0.644. The van der Waals surface area contributed by atoms with Gasteiger partial charge in [-0.2, -0.15) is 0 Å². The monoisotopic (exact) mass is 213 g/mol. The van der Waals surface area contributed by atoms with Crippen LogP contribution in [0, 0.1) is 0 Å². The Morgan fingerprint density at radius 2 is 2.31 bits per heavy atom. The van der Waals surface area contributed by atoms with Crippen molar-refractivity contribution in [2.45, 2.75) is 13.0 Å². The van der Waals surface area contributed by atoms with Crippen LogP contribution in [0.4, 0.5) is 0 Å². The Hall–Kier alpha value is -1.61. The predicted molar refractivity (Wildman–Crippen MR) is 64.1 cm³/mol. The van der Waals surface area contributed by atoms with Crippen molar-refractivity contribution >= 4 is 0 Å². The highest BCUT2D eigenvalue weighted by atomic mass is 15.0. The second kappa shape index (κ2) is 3.76. The van der Waals surface area contributed by atoms with E-state index in [-0.39, 0.29) is 0 Å². The maximum absolute atomic E-state index is 4.43. The van der Waals surface area contributed by atoms with E-state index in [0.717, 1.165) is 25.3 Å². The minimum atomic E-state index is 0.957. The van der Waals surface area contributed by atoms with E-state index in [1.165, 1.54) is 16.7 Å².